The molecule has 12 heavy (non-hydrogen) atoms. The van der Waals surface area contributed by atoms with Crippen LogP contribution in [0.2, 0.25) is 0 Å². The maximum Gasteiger partial charge on any atom is 0.281 e. The van der Waals surface area contributed by atoms with Crippen LogP contribution in [-0.2, 0) is 0 Å². The van der Waals surface area contributed by atoms with Crippen LogP contribution in [0, 0.1) is 33.1 Å². The minimum Gasteiger partial charge on any atom is -0.264 e. The molecule has 0 heterocycles. The van der Waals surface area contributed by atoms with E-state index in [0.717, 1.165) is 0 Å². The minimum absolute atomic E-state index is 0.382. The molecule has 2 unspecified atom stereocenters. The molecule has 6 heteroatoms. The average molecular weight is 175 g/mol. The van der Waals surface area contributed by atoms with Crippen LogP contribution < -0.4 is 0 Å². The van der Waals surface area contributed by atoms with Gasteiger partial charge in [0.1, 0.15) is 0 Å². The highest BCUT2D eigenvalue weighted by molar-refractivity contribution is 4.73. The van der Waals surface area contributed by atoms with Gasteiger partial charge in [-0.05, 0) is 0 Å². The molecule has 0 aliphatic carbocycles. The third-order valence-corrected chi connectivity index (χ3v) is 1.59. The summed E-state index contributed by atoms with van der Waals surface area (Å²) in [6, 6.07) is -2.58. The van der Waals surface area contributed by atoms with E-state index >= 15 is 0 Å². The molecule has 0 fully saturated rings. The van der Waals surface area contributed by atoms with Crippen molar-refractivity contribution in [2.45, 2.75) is 25.9 Å². The molecule has 0 saturated carbocycles. The van der Waals surface area contributed by atoms with Crippen LogP contribution in [0.4, 0.5) is 0 Å². The summed E-state index contributed by atoms with van der Waals surface area (Å²) in [7, 11) is 0. The van der Waals surface area contributed by atoms with E-state index in [9.17, 15) is 20.2 Å². The fourth-order valence-corrected chi connectivity index (χ4v) is 0.953. The van der Waals surface area contributed by atoms with Crippen molar-refractivity contribution in [2.75, 3.05) is 0 Å². The van der Waals surface area contributed by atoms with E-state index in [2.05, 4.69) is 6.92 Å². The molecule has 69 valence electrons. The largest absolute Gasteiger partial charge is 0.281 e. The van der Waals surface area contributed by atoms with E-state index in [0.29, 0.717) is 0 Å². The highest BCUT2D eigenvalue weighted by atomic mass is 16.6. The Morgan fingerprint density at radius 3 is 1.67 bits per heavy atom. The molecule has 0 aromatic carbocycles. The van der Waals surface area contributed by atoms with Crippen molar-refractivity contribution in [3.63, 3.8) is 0 Å². The number of nitro groups is 2. The van der Waals surface area contributed by atoms with Gasteiger partial charge in [-0.3, -0.25) is 20.2 Å². The van der Waals surface area contributed by atoms with Gasteiger partial charge < -0.3 is 0 Å². The predicted molar refractivity (Wildman–Crippen MR) is 41.8 cm³/mol. The van der Waals surface area contributed by atoms with Gasteiger partial charge in [0, 0.05) is 22.7 Å². The van der Waals surface area contributed by atoms with Gasteiger partial charge in [0.15, 0.2) is 0 Å². The highest BCUT2D eigenvalue weighted by Crippen LogP contribution is 2.11. The SMILES string of the molecule is [CH2]C(C(C(C)C)[N+](=O)[O-])[N+](=O)[O-]. The van der Waals surface area contributed by atoms with Gasteiger partial charge in [-0.25, -0.2) is 0 Å². The molecule has 0 aromatic rings. The Labute approximate surface area is 69.9 Å². The summed E-state index contributed by atoms with van der Waals surface area (Å²) in [4.78, 5) is 19.2. The Hall–Kier alpha value is -1.20. The first-order valence-electron chi connectivity index (χ1n) is 3.48. The van der Waals surface area contributed by atoms with Crippen molar-refractivity contribution in [3.05, 3.63) is 27.2 Å². The van der Waals surface area contributed by atoms with Crippen molar-refractivity contribution in [1.29, 1.82) is 0 Å². The van der Waals surface area contributed by atoms with E-state index in [1.165, 1.54) is 0 Å². The first kappa shape index (κ1) is 10.8. The van der Waals surface area contributed by atoms with E-state index < -0.39 is 21.9 Å². The number of rotatable bonds is 4. The van der Waals surface area contributed by atoms with Gasteiger partial charge in [0.25, 0.3) is 12.1 Å². The molecule has 0 rings (SSSR count). The van der Waals surface area contributed by atoms with Crippen LogP contribution in [0.3, 0.4) is 0 Å². The molecule has 0 aliphatic heterocycles. The van der Waals surface area contributed by atoms with Crippen molar-refractivity contribution in [1.82, 2.24) is 0 Å². The van der Waals surface area contributed by atoms with Crippen molar-refractivity contribution in [2.24, 2.45) is 5.92 Å². The minimum atomic E-state index is -1.38. The van der Waals surface area contributed by atoms with E-state index in [-0.39, 0.29) is 5.92 Å². The van der Waals surface area contributed by atoms with Crippen molar-refractivity contribution in [3.8, 4) is 0 Å². The molecule has 0 aliphatic rings. The fourth-order valence-electron chi connectivity index (χ4n) is 0.953. The highest BCUT2D eigenvalue weighted by Gasteiger charge is 2.39. The van der Waals surface area contributed by atoms with E-state index in [1.807, 2.05) is 0 Å². The molecule has 2 atom stereocenters. The fraction of sp³-hybridized carbons (Fsp3) is 0.833. The Bertz CT molecular complexity index is 192. The Morgan fingerprint density at radius 2 is 1.58 bits per heavy atom. The molecule has 0 bridgehead atoms. The van der Waals surface area contributed by atoms with E-state index in [1.54, 1.807) is 13.8 Å². The second-order valence-corrected chi connectivity index (χ2v) is 2.87. The summed E-state index contributed by atoms with van der Waals surface area (Å²) in [6.45, 7) is 6.27. The molecular formula is C6H11N2O4. The third kappa shape index (κ3) is 2.44. The molecule has 0 N–H and O–H groups in total. The zero-order chi connectivity index (χ0) is 9.89. The molecule has 0 aromatic heterocycles. The summed E-state index contributed by atoms with van der Waals surface area (Å²) in [5, 5.41) is 20.5. The summed E-state index contributed by atoms with van der Waals surface area (Å²) < 4.78 is 0. The average Bonchev–Trinajstić information content (AvgIpc) is 1.85. The Kier molecular flexibility index (Phi) is 3.59. The van der Waals surface area contributed by atoms with Crippen molar-refractivity contribution < 1.29 is 9.85 Å². The molecule has 0 saturated heterocycles. The van der Waals surface area contributed by atoms with Crippen LogP contribution in [0.15, 0.2) is 0 Å². The maximum absolute atomic E-state index is 10.3. The number of nitrogens with zero attached hydrogens (tertiary/aromatic N) is 2. The van der Waals surface area contributed by atoms with Crippen molar-refractivity contribution >= 4 is 0 Å². The zero-order valence-corrected chi connectivity index (χ0v) is 6.97. The third-order valence-electron chi connectivity index (χ3n) is 1.59. The summed E-state index contributed by atoms with van der Waals surface area (Å²) in [6.07, 6.45) is 0. The van der Waals surface area contributed by atoms with Gasteiger partial charge in [0.05, 0.1) is 0 Å². The number of hydrogen-bond donors (Lipinski definition) is 0. The van der Waals surface area contributed by atoms with Crippen LogP contribution in [0.5, 0.6) is 0 Å². The van der Waals surface area contributed by atoms with Gasteiger partial charge in [-0.15, -0.1) is 0 Å². The lowest BCUT2D eigenvalue weighted by atomic mass is 9.99. The smallest absolute Gasteiger partial charge is 0.264 e. The lowest BCUT2D eigenvalue weighted by Gasteiger charge is -2.13. The maximum atomic E-state index is 10.3. The van der Waals surface area contributed by atoms with E-state index in [4.69, 9.17) is 0 Å². The Balaban J connectivity index is 4.51. The Morgan fingerprint density at radius 1 is 1.17 bits per heavy atom. The summed E-state index contributed by atoms with van der Waals surface area (Å²) in [5.74, 6) is -0.382. The molecule has 6 nitrogen and oxygen atoms in total. The zero-order valence-electron chi connectivity index (χ0n) is 6.97. The second kappa shape index (κ2) is 3.99. The van der Waals surface area contributed by atoms with Crippen LogP contribution in [0.1, 0.15) is 13.8 Å². The van der Waals surface area contributed by atoms with Crippen LogP contribution in [0.25, 0.3) is 0 Å². The normalized spacial score (nSPS) is 15.7. The first-order valence-corrected chi connectivity index (χ1v) is 3.48. The topological polar surface area (TPSA) is 86.3 Å². The standard InChI is InChI=1S/C6H11N2O4/c1-4(2)6(8(11)12)5(3)7(9)10/h4-6H,3H2,1-2H3. The van der Waals surface area contributed by atoms with Gasteiger partial charge in [-0.2, -0.15) is 0 Å². The molecular weight excluding hydrogens is 164 g/mol. The van der Waals surface area contributed by atoms with Gasteiger partial charge in [-0.1, -0.05) is 13.8 Å². The lowest BCUT2D eigenvalue weighted by molar-refractivity contribution is -0.614. The van der Waals surface area contributed by atoms with Crippen LogP contribution >= 0.6 is 0 Å². The molecule has 1 radical (unpaired) electrons. The predicted octanol–water partition coefficient (Wildman–Crippen LogP) is 0.767. The second-order valence-electron chi connectivity index (χ2n) is 2.87. The number of hydrogen-bond acceptors (Lipinski definition) is 4. The lowest BCUT2D eigenvalue weighted by Crippen LogP contribution is -2.41. The van der Waals surface area contributed by atoms with Crippen LogP contribution in [-0.4, -0.2) is 21.9 Å². The van der Waals surface area contributed by atoms with Gasteiger partial charge >= 0.3 is 0 Å². The quantitative estimate of drug-likeness (QED) is 0.466. The first-order chi connectivity index (χ1) is 5.37. The molecule has 0 spiro atoms. The monoisotopic (exact) mass is 175 g/mol. The summed E-state index contributed by atoms with van der Waals surface area (Å²) in [5.41, 5.74) is 0. The molecule has 0 amide bonds. The summed E-state index contributed by atoms with van der Waals surface area (Å²) >= 11 is 0. The van der Waals surface area contributed by atoms with Gasteiger partial charge in [0.2, 0.25) is 0 Å².